The number of halogens is 6. The van der Waals surface area contributed by atoms with Crippen LogP contribution < -0.4 is 0 Å². The fraction of sp³-hybridized carbons (Fsp3) is 0.810. The zero-order chi connectivity index (χ0) is 23.4. The number of rotatable bonds is 7. The molecule has 0 radical (unpaired) electrons. The number of fused-ring (bicyclic) bond motifs is 1. The first kappa shape index (κ1) is 25.1. The predicted octanol–water partition coefficient (Wildman–Crippen LogP) is 7.55. The highest BCUT2D eigenvalue weighted by Gasteiger charge is 2.80. The van der Waals surface area contributed by atoms with Gasteiger partial charge < -0.3 is 9.80 Å². The van der Waals surface area contributed by atoms with Gasteiger partial charge in [-0.25, -0.2) is 0 Å². The first-order chi connectivity index (χ1) is 14.4. The third kappa shape index (κ3) is 3.60. The molecule has 1 saturated carbocycles. The highest BCUT2D eigenvalue weighted by Crippen LogP contribution is 2.90. The van der Waals surface area contributed by atoms with Crippen molar-refractivity contribution in [2.24, 2.45) is 11.8 Å². The van der Waals surface area contributed by atoms with Gasteiger partial charge in [-0.15, -0.1) is 0 Å². The van der Waals surface area contributed by atoms with Crippen molar-refractivity contribution in [2.75, 3.05) is 26.2 Å². The third-order valence-corrected chi connectivity index (χ3v) is 12.4. The minimum absolute atomic E-state index is 0.0345. The van der Waals surface area contributed by atoms with Crippen molar-refractivity contribution in [3.63, 3.8) is 0 Å². The molecule has 2 heterocycles. The van der Waals surface area contributed by atoms with Gasteiger partial charge in [0.15, 0.2) is 5.16 Å². The highest BCUT2D eigenvalue weighted by molar-refractivity contribution is 8.60. The van der Waals surface area contributed by atoms with Crippen LogP contribution in [0.25, 0.3) is 0 Å². The summed E-state index contributed by atoms with van der Waals surface area (Å²) in [6, 6.07) is 0. The van der Waals surface area contributed by atoms with Gasteiger partial charge in [0.2, 0.25) is 0 Å². The van der Waals surface area contributed by atoms with E-state index in [-0.39, 0.29) is 29.6 Å². The van der Waals surface area contributed by atoms with Crippen LogP contribution in [0.5, 0.6) is 0 Å². The maximum absolute atomic E-state index is 14.9. The summed E-state index contributed by atoms with van der Waals surface area (Å²) in [6.07, 6.45) is -7.98. The van der Waals surface area contributed by atoms with E-state index in [1.54, 1.807) is 13.8 Å². The Hall–Kier alpha value is -0.560. The Kier molecular flexibility index (Phi) is 7.00. The molecule has 0 N–H and O–H groups in total. The fourth-order valence-electron chi connectivity index (χ4n) is 5.35. The van der Waals surface area contributed by atoms with E-state index >= 15 is 0 Å². The molecule has 3 rings (SSSR count). The van der Waals surface area contributed by atoms with E-state index in [0.717, 1.165) is 24.2 Å². The van der Waals surface area contributed by atoms with Crippen LogP contribution in [-0.2, 0) is 0 Å². The van der Waals surface area contributed by atoms with Gasteiger partial charge in [-0.3, -0.25) is 0 Å². The molecule has 2 nitrogen and oxygen atoms in total. The molecule has 10 heteroatoms. The van der Waals surface area contributed by atoms with Crippen LogP contribution in [0.4, 0.5) is 26.3 Å². The molecule has 0 aromatic carbocycles. The average molecular weight is 489 g/mol. The molecule has 178 valence electrons. The molecular weight excluding hydrogens is 457 g/mol. The van der Waals surface area contributed by atoms with Crippen LogP contribution in [0.1, 0.15) is 53.9 Å². The van der Waals surface area contributed by atoms with Crippen molar-refractivity contribution >= 4 is 18.5 Å². The summed E-state index contributed by atoms with van der Waals surface area (Å²) in [7, 11) is -2.13. The summed E-state index contributed by atoms with van der Waals surface area (Å²) in [5.41, 5.74) is -0.964. The summed E-state index contributed by atoms with van der Waals surface area (Å²) in [5, 5.41) is -2.92. The molecule has 4 atom stereocenters. The first-order valence-electron chi connectivity index (χ1n) is 11.0. The molecule has 3 aliphatic rings. The van der Waals surface area contributed by atoms with Gasteiger partial charge in [-0.1, -0.05) is 31.1 Å². The lowest BCUT2D eigenvalue weighted by atomic mass is 9.85. The minimum atomic E-state index is -5.02. The molecular formula is C21H31F6N2PS. The second-order valence-corrected chi connectivity index (χ2v) is 12.3. The summed E-state index contributed by atoms with van der Waals surface area (Å²) < 4.78 is 88.3. The van der Waals surface area contributed by atoms with Crippen molar-refractivity contribution in [1.29, 1.82) is 0 Å². The normalized spacial score (nSPS) is 31.3. The summed E-state index contributed by atoms with van der Waals surface area (Å²) >= 11 is 0.910. The molecule has 1 fully saturated rings. The molecule has 4 unspecified atom stereocenters. The lowest BCUT2D eigenvalue weighted by Gasteiger charge is -2.55. The predicted molar refractivity (Wildman–Crippen MR) is 116 cm³/mol. The van der Waals surface area contributed by atoms with E-state index in [2.05, 4.69) is 0 Å². The minimum Gasteiger partial charge on any atom is -0.372 e. The standard InChI is InChI=1S/C21H31F6N2PS/c1-6-28(7-2)17-18(29(8-3)9-4)30-19(17,21(25,26)27)16(20(22,23)24)15(31-30)14-12-10-11-13(14)5/h13-14H,6-12H2,1-5H3. The van der Waals surface area contributed by atoms with Crippen LogP contribution in [0.3, 0.4) is 0 Å². The molecule has 0 saturated heterocycles. The summed E-state index contributed by atoms with van der Waals surface area (Å²) in [4.78, 5) is 3.31. The van der Waals surface area contributed by atoms with Crippen molar-refractivity contribution in [2.45, 2.75) is 71.4 Å². The Bertz CT molecular complexity index is 754. The van der Waals surface area contributed by atoms with Crippen LogP contribution in [0.2, 0.25) is 0 Å². The van der Waals surface area contributed by atoms with Crippen LogP contribution in [0.15, 0.2) is 21.6 Å². The molecule has 31 heavy (non-hydrogen) atoms. The number of nitrogens with zero attached hydrogens (tertiary/aromatic N) is 2. The first-order valence-corrected chi connectivity index (χ1v) is 13.8. The highest BCUT2D eigenvalue weighted by atomic mass is 32.7. The van der Waals surface area contributed by atoms with Gasteiger partial charge in [-0.2, -0.15) is 26.3 Å². The van der Waals surface area contributed by atoms with Gasteiger partial charge >= 0.3 is 12.4 Å². The van der Waals surface area contributed by atoms with Gasteiger partial charge in [0.05, 0.1) is 16.7 Å². The molecule has 0 aromatic heterocycles. The summed E-state index contributed by atoms with van der Waals surface area (Å²) in [5.74, 6) is -0.475. The van der Waals surface area contributed by atoms with Crippen molar-refractivity contribution < 1.29 is 26.3 Å². The van der Waals surface area contributed by atoms with Crippen LogP contribution in [0, 0.1) is 11.8 Å². The SMILES string of the molecule is CCN(CC)C1=C(N(CC)CC)C2(C(F)(F)F)C(C(F)(F)F)=C(C3CCCC3C)SP12. The third-order valence-electron chi connectivity index (χ3n) is 6.88. The van der Waals surface area contributed by atoms with Gasteiger partial charge in [0.1, 0.15) is 0 Å². The number of alkyl halides is 6. The Morgan fingerprint density at radius 3 is 1.87 bits per heavy atom. The molecule has 0 bridgehead atoms. The number of hydrogen-bond donors (Lipinski definition) is 0. The van der Waals surface area contributed by atoms with Crippen LogP contribution in [-0.4, -0.2) is 53.5 Å². The van der Waals surface area contributed by atoms with Gasteiger partial charge in [0.25, 0.3) is 0 Å². The Balaban J connectivity index is 2.34. The molecule has 0 spiro atoms. The Morgan fingerprint density at radius 1 is 0.935 bits per heavy atom. The fourth-order valence-corrected chi connectivity index (χ4v) is 12.4. The molecule has 0 aromatic rings. The van der Waals surface area contributed by atoms with E-state index in [9.17, 15) is 26.3 Å². The van der Waals surface area contributed by atoms with E-state index in [1.165, 1.54) is 4.90 Å². The van der Waals surface area contributed by atoms with Gasteiger partial charge in [0, 0.05) is 38.2 Å². The van der Waals surface area contributed by atoms with E-state index < -0.39 is 36.1 Å². The van der Waals surface area contributed by atoms with E-state index in [1.807, 2.05) is 25.7 Å². The average Bonchev–Trinajstić information content (AvgIpc) is 3.22. The topological polar surface area (TPSA) is 6.48 Å². The van der Waals surface area contributed by atoms with Crippen LogP contribution >= 0.6 is 18.5 Å². The monoisotopic (exact) mass is 488 g/mol. The summed E-state index contributed by atoms with van der Waals surface area (Å²) in [6.45, 7) is 10.4. The number of hydrogen-bond acceptors (Lipinski definition) is 3. The number of allylic oxidation sites excluding steroid dienone is 2. The smallest absolute Gasteiger partial charge is 0.372 e. The largest absolute Gasteiger partial charge is 0.415 e. The quantitative estimate of drug-likeness (QED) is 0.270. The maximum Gasteiger partial charge on any atom is 0.415 e. The van der Waals surface area contributed by atoms with E-state index in [4.69, 9.17) is 0 Å². The Morgan fingerprint density at radius 2 is 1.48 bits per heavy atom. The van der Waals surface area contributed by atoms with Crippen molar-refractivity contribution in [3.05, 3.63) is 21.6 Å². The lowest BCUT2D eigenvalue weighted by molar-refractivity contribution is -0.172. The molecule has 0 amide bonds. The Labute approximate surface area is 186 Å². The lowest BCUT2D eigenvalue weighted by Crippen LogP contribution is -2.59. The zero-order valence-electron chi connectivity index (χ0n) is 18.6. The van der Waals surface area contributed by atoms with E-state index in [0.29, 0.717) is 24.9 Å². The zero-order valence-corrected chi connectivity index (χ0v) is 20.3. The second kappa shape index (κ2) is 8.66. The maximum atomic E-state index is 14.9. The van der Waals surface area contributed by atoms with Crippen molar-refractivity contribution in [1.82, 2.24) is 9.80 Å². The molecule has 1 aliphatic carbocycles. The van der Waals surface area contributed by atoms with Crippen molar-refractivity contribution in [3.8, 4) is 0 Å². The second-order valence-electron chi connectivity index (χ2n) is 8.36. The van der Waals surface area contributed by atoms with Gasteiger partial charge in [-0.05, 0) is 46.0 Å². The molecule has 2 aliphatic heterocycles.